The minimum atomic E-state index is -3.84. The Kier molecular flexibility index (Phi) is 5.48. The van der Waals surface area contributed by atoms with Crippen LogP contribution in [0.1, 0.15) is 5.56 Å². The molecule has 142 valence electrons. The molecule has 1 heterocycles. The van der Waals surface area contributed by atoms with Crippen LogP contribution in [0.15, 0.2) is 69.1 Å². The molecule has 27 heavy (non-hydrogen) atoms. The number of hydrogen-bond donors (Lipinski definition) is 2. The van der Waals surface area contributed by atoms with Crippen molar-refractivity contribution >= 4 is 54.4 Å². The molecule has 0 saturated heterocycles. The van der Waals surface area contributed by atoms with E-state index in [2.05, 4.69) is 9.44 Å². The zero-order valence-corrected chi connectivity index (χ0v) is 17.2. The van der Waals surface area contributed by atoms with Gasteiger partial charge in [-0.25, -0.2) is 16.8 Å². The summed E-state index contributed by atoms with van der Waals surface area (Å²) in [4.78, 5) is 0.000877. The first-order valence-corrected chi connectivity index (χ1v) is 11.9. The predicted molar refractivity (Wildman–Crippen MR) is 109 cm³/mol. The number of thiophene rings is 1. The molecule has 10 heteroatoms. The Morgan fingerprint density at radius 1 is 0.889 bits per heavy atom. The quantitative estimate of drug-likeness (QED) is 0.594. The van der Waals surface area contributed by atoms with Crippen LogP contribution in [-0.2, 0) is 20.0 Å². The van der Waals surface area contributed by atoms with Crippen molar-refractivity contribution in [2.75, 3.05) is 9.44 Å². The Morgan fingerprint density at radius 2 is 1.59 bits per heavy atom. The molecule has 0 radical (unpaired) electrons. The average Bonchev–Trinajstić information content (AvgIpc) is 3.14. The van der Waals surface area contributed by atoms with Crippen LogP contribution in [0.3, 0.4) is 0 Å². The van der Waals surface area contributed by atoms with E-state index in [1.165, 1.54) is 36.4 Å². The first-order valence-electron chi connectivity index (χ1n) is 7.63. The number of nitrogens with one attached hydrogen (secondary N) is 2. The van der Waals surface area contributed by atoms with E-state index in [1.54, 1.807) is 30.5 Å². The highest BCUT2D eigenvalue weighted by molar-refractivity contribution is 7.94. The monoisotopic (exact) mass is 442 g/mol. The molecular formula is C17H15ClN2O4S3. The van der Waals surface area contributed by atoms with Gasteiger partial charge in [0.2, 0.25) is 0 Å². The van der Waals surface area contributed by atoms with Gasteiger partial charge in [-0.15, -0.1) is 11.3 Å². The molecule has 6 nitrogen and oxygen atoms in total. The minimum Gasteiger partial charge on any atom is -0.279 e. The lowest BCUT2D eigenvalue weighted by Gasteiger charge is -2.12. The lowest BCUT2D eigenvalue weighted by Crippen LogP contribution is -2.14. The molecule has 3 aromatic rings. The normalized spacial score (nSPS) is 11.9. The molecule has 0 unspecified atom stereocenters. The number of aryl methyl sites for hydroxylation is 1. The molecule has 0 bridgehead atoms. The fraction of sp³-hybridized carbons (Fsp3) is 0.0588. The van der Waals surface area contributed by atoms with Crippen molar-refractivity contribution in [3.63, 3.8) is 0 Å². The fourth-order valence-corrected chi connectivity index (χ4v) is 5.58. The Morgan fingerprint density at radius 3 is 2.22 bits per heavy atom. The first-order chi connectivity index (χ1) is 12.7. The van der Waals surface area contributed by atoms with Gasteiger partial charge in [-0.05, 0) is 60.3 Å². The predicted octanol–water partition coefficient (Wildman–Crippen LogP) is 4.31. The number of hydrogen-bond acceptors (Lipinski definition) is 5. The number of benzene rings is 2. The summed E-state index contributed by atoms with van der Waals surface area (Å²) in [6, 6.07) is 13.5. The van der Waals surface area contributed by atoms with Crippen LogP contribution >= 0.6 is 22.9 Å². The number of halogens is 1. The van der Waals surface area contributed by atoms with Crippen molar-refractivity contribution in [3.8, 4) is 0 Å². The van der Waals surface area contributed by atoms with Gasteiger partial charge in [0, 0.05) is 10.7 Å². The zero-order chi connectivity index (χ0) is 19.7. The lowest BCUT2D eigenvalue weighted by molar-refractivity contribution is 0.600. The molecule has 1 aromatic heterocycles. The largest absolute Gasteiger partial charge is 0.279 e. The SMILES string of the molecule is Cc1ccc(Cl)cc1NS(=O)(=O)c1ccc(NS(=O)(=O)c2cccs2)cc1. The fourth-order valence-electron chi connectivity index (χ4n) is 2.23. The number of rotatable bonds is 6. The Hall–Kier alpha value is -2.07. The van der Waals surface area contributed by atoms with Crippen molar-refractivity contribution in [1.82, 2.24) is 0 Å². The molecule has 0 spiro atoms. The van der Waals surface area contributed by atoms with E-state index in [-0.39, 0.29) is 14.8 Å². The summed E-state index contributed by atoms with van der Waals surface area (Å²) in [6.45, 7) is 1.76. The van der Waals surface area contributed by atoms with E-state index in [1.807, 2.05) is 0 Å². The first kappa shape index (κ1) is 19.7. The van der Waals surface area contributed by atoms with Crippen LogP contribution in [0.2, 0.25) is 5.02 Å². The van der Waals surface area contributed by atoms with E-state index in [0.717, 1.165) is 16.9 Å². The van der Waals surface area contributed by atoms with Crippen LogP contribution in [-0.4, -0.2) is 16.8 Å². The topological polar surface area (TPSA) is 92.3 Å². The summed E-state index contributed by atoms with van der Waals surface area (Å²) < 4.78 is 54.6. The summed E-state index contributed by atoms with van der Waals surface area (Å²) >= 11 is 7.01. The zero-order valence-electron chi connectivity index (χ0n) is 14.0. The Bertz CT molecular complexity index is 1160. The van der Waals surface area contributed by atoms with Crippen LogP contribution in [0, 0.1) is 6.92 Å². The van der Waals surface area contributed by atoms with Crippen LogP contribution in [0.4, 0.5) is 11.4 Å². The minimum absolute atomic E-state index is 0.000877. The number of anilines is 2. The Labute approximate surface area is 166 Å². The van der Waals surface area contributed by atoms with E-state index < -0.39 is 20.0 Å². The summed E-state index contributed by atoms with van der Waals surface area (Å²) in [7, 11) is -7.53. The third-order valence-corrected chi connectivity index (χ3v) is 8.02. The van der Waals surface area contributed by atoms with E-state index in [0.29, 0.717) is 10.7 Å². The molecule has 0 aliphatic heterocycles. The molecule has 0 fully saturated rings. The molecule has 3 rings (SSSR count). The molecule has 0 amide bonds. The molecule has 2 N–H and O–H groups in total. The summed E-state index contributed by atoms with van der Waals surface area (Å²) in [5.74, 6) is 0. The maximum absolute atomic E-state index is 12.6. The molecule has 0 aliphatic rings. The van der Waals surface area contributed by atoms with Crippen LogP contribution in [0.25, 0.3) is 0 Å². The van der Waals surface area contributed by atoms with Gasteiger partial charge >= 0.3 is 0 Å². The van der Waals surface area contributed by atoms with Crippen LogP contribution in [0.5, 0.6) is 0 Å². The smallest absolute Gasteiger partial charge is 0.271 e. The number of sulfonamides is 2. The van der Waals surface area contributed by atoms with Gasteiger partial charge in [-0.2, -0.15) is 0 Å². The maximum Gasteiger partial charge on any atom is 0.271 e. The van der Waals surface area contributed by atoms with Gasteiger partial charge in [0.25, 0.3) is 20.0 Å². The highest BCUT2D eigenvalue weighted by Crippen LogP contribution is 2.25. The average molecular weight is 443 g/mol. The van der Waals surface area contributed by atoms with Gasteiger partial charge in [0.15, 0.2) is 0 Å². The molecule has 0 saturated carbocycles. The Balaban J connectivity index is 1.81. The highest BCUT2D eigenvalue weighted by atomic mass is 35.5. The van der Waals surface area contributed by atoms with Crippen molar-refractivity contribution in [2.45, 2.75) is 16.0 Å². The van der Waals surface area contributed by atoms with Crippen molar-refractivity contribution in [3.05, 3.63) is 70.6 Å². The third kappa shape index (κ3) is 4.62. The van der Waals surface area contributed by atoms with Crippen molar-refractivity contribution in [2.24, 2.45) is 0 Å². The molecular weight excluding hydrogens is 428 g/mol. The maximum atomic E-state index is 12.6. The summed E-state index contributed by atoms with van der Waals surface area (Å²) in [5.41, 5.74) is 1.37. The van der Waals surface area contributed by atoms with E-state index in [4.69, 9.17) is 11.6 Å². The van der Waals surface area contributed by atoms with Crippen molar-refractivity contribution < 1.29 is 16.8 Å². The summed E-state index contributed by atoms with van der Waals surface area (Å²) in [6.07, 6.45) is 0. The molecule has 0 aliphatic carbocycles. The standard InChI is InChI=1S/C17H15ClN2O4S3/c1-12-4-5-13(18)11-16(12)20-26(21,22)15-8-6-14(7-9-15)19-27(23,24)17-3-2-10-25-17/h2-11,19-20H,1H3. The van der Waals surface area contributed by atoms with Gasteiger partial charge in [0.05, 0.1) is 10.6 Å². The molecule has 2 aromatic carbocycles. The second-order valence-electron chi connectivity index (χ2n) is 5.63. The second-order valence-corrected chi connectivity index (χ2v) is 10.6. The van der Waals surface area contributed by atoms with Gasteiger partial charge in [0.1, 0.15) is 4.21 Å². The van der Waals surface area contributed by atoms with Gasteiger partial charge in [-0.3, -0.25) is 9.44 Å². The molecule has 0 atom stereocenters. The van der Waals surface area contributed by atoms with Crippen molar-refractivity contribution in [1.29, 1.82) is 0 Å². The van der Waals surface area contributed by atoms with Crippen LogP contribution < -0.4 is 9.44 Å². The highest BCUT2D eigenvalue weighted by Gasteiger charge is 2.18. The lowest BCUT2D eigenvalue weighted by atomic mass is 10.2. The third-order valence-electron chi connectivity index (χ3n) is 3.62. The second kappa shape index (κ2) is 7.51. The summed E-state index contributed by atoms with van der Waals surface area (Å²) in [5, 5.41) is 2.07. The van der Waals surface area contributed by atoms with Gasteiger partial charge in [-0.1, -0.05) is 23.7 Å². The van der Waals surface area contributed by atoms with E-state index in [9.17, 15) is 16.8 Å². The van der Waals surface area contributed by atoms with Gasteiger partial charge < -0.3 is 0 Å². The van der Waals surface area contributed by atoms with E-state index >= 15 is 0 Å².